The summed E-state index contributed by atoms with van der Waals surface area (Å²) in [5.74, 6) is 0.854. The molecule has 0 bridgehead atoms. The molecule has 2 nitrogen and oxygen atoms in total. The van der Waals surface area contributed by atoms with Crippen molar-refractivity contribution >= 4 is 37.5 Å². The van der Waals surface area contributed by atoms with E-state index in [1.54, 1.807) is 0 Å². The number of benzene rings is 1. The molecule has 0 aromatic heterocycles. The molecule has 1 aromatic carbocycles. The third-order valence-electron chi connectivity index (χ3n) is 3.74. The van der Waals surface area contributed by atoms with Gasteiger partial charge in [0.05, 0.1) is 5.69 Å². The summed E-state index contributed by atoms with van der Waals surface area (Å²) in [5, 5.41) is 0.913. The molecular weight excluding hydrogens is 368 g/mol. The Labute approximate surface area is 133 Å². The van der Waals surface area contributed by atoms with Crippen LogP contribution in [0, 0.1) is 5.92 Å². The van der Waals surface area contributed by atoms with Crippen molar-refractivity contribution in [3.63, 3.8) is 0 Å². The number of piperidine rings is 1. The molecule has 1 aliphatic heterocycles. The Kier molecular flexibility index (Phi) is 5.72. The van der Waals surface area contributed by atoms with Crippen LogP contribution in [0.5, 0.6) is 0 Å². The van der Waals surface area contributed by atoms with E-state index in [1.165, 1.54) is 48.2 Å². The van der Waals surface area contributed by atoms with E-state index in [0.717, 1.165) is 11.2 Å². The summed E-state index contributed by atoms with van der Waals surface area (Å²) in [6, 6.07) is 6.67. The van der Waals surface area contributed by atoms with Crippen LogP contribution in [0.4, 0.5) is 5.69 Å². The largest absolute Gasteiger partial charge is 0.371 e. The smallest absolute Gasteiger partial charge is 0.0510 e. The molecule has 0 spiro atoms. The van der Waals surface area contributed by atoms with E-state index in [9.17, 15) is 0 Å². The van der Waals surface area contributed by atoms with E-state index < -0.39 is 0 Å². The molecule has 0 radical (unpaired) electrons. The predicted octanol–water partition coefficient (Wildman–Crippen LogP) is 4.12. The molecule has 0 atom stereocenters. The van der Waals surface area contributed by atoms with E-state index in [2.05, 4.69) is 74.0 Å². The minimum Gasteiger partial charge on any atom is -0.371 e. The lowest BCUT2D eigenvalue weighted by Crippen LogP contribution is -2.37. The normalized spacial score (nSPS) is 17.2. The fraction of sp³-hybridized carbons (Fsp3) is 0.600. The number of halogens is 2. The van der Waals surface area contributed by atoms with Crippen LogP contribution in [0.3, 0.4) is 0 Å². The van der Waals surface area contributed by atoms with Crippen LogP contribution >= 0.6 is 31.9 Å². The van der Waals surface area contributed by atoms with Gasteiger partial charge in [-0.3, -0.25) is 0 Å². The second-order valence-corrected chi connectivity index (χ2v) is 7.03. The average molecular weight is 390 g/mol. The molecule has 2 rings (SSSR count). The number of alkyl halides is 1. The molecule has 0 N–H and O–H groups in total. The van der Waals surface area contributed by atoms with Gasteiger partial charge >= 0.3 is 0 Å². The maximum absolute atomic E-state index is 3.71. The molecule has 106 valence electrons. The molecule has 1 fully saturated rings. The lowest BCUT2D eigenvalue weighted by atomic mass is 9.96. The number of rotatable bonds is 4. The van der Waals surface area contributed by atoms with Crippen molar-refractivity contribution in [3.8, 4) is 0 Å². The van der Waals surface area contributed by atoms with E-state index in [1.807, 2.05) is 0 Å². The molecule has 0 unspecified atom stereocenters. The van der Waals surface area contributed by atoms with Crippen LogP contribution in [0.2, 0.25) is 0 Å². The van der Waals surface area contributed by atoms with Gasteiger partial charge in [-0.1, -0.05) is 22.0 Å². The molecular formula is C15H22Br2N2. The maximum Gasteiger partial charge on any atom is 0.0510 e. The Morgan fingerprint density at radius 3 is 2.47 bits per heavy atom. The predicted molar refractivity (Wildman–Crippen MR) is 90.3 cm³/mol. The zero-order valence-corrected chi connectivity index (χ0v) is 14.9. The molecule has 1 aliphatic rings. The van der Waals surface area contributed by atoms with Crippen LogP contribution < -0.4 is 4.90 Å². The fourth-order valence-electron chi connectivity index (χ4n) is 2.76. The minimum atomic E-state index is 0.854. The van der Waals surface area contributed by atoms with Gasteiger partial charge in [-0.15, -0.1) is 0 Å². The van der Waals surface area contributed by atoms with Crippen molar-refractivity contribution in [2.45, 2.75) is 18.2 Å². The molecule has 0 amide bonds. The van der Waals surface area contributed by atoms with Crippen molar-refractivity contribution in [1.82, 2.24) is 4.90 Å². The highest BCUT2D eigenvalue weighted by Gasteiger charge is 2.21. The van der Waals surface area contributed by atoms with Crippen molar-refractivity contribution in [3.05, 3.63) is 28.2 Å². The summed E-state index contributed by atoms with van der Waals surface area (Å²) in [5.41, 5.74) is 2.66. The van der Waals surface area contributed by atoms with Crippen LogP contribution in [-0.4, -0.2) is 38.6 Å². The average Bonchev–Trinajstić information content (AvgIpc) is 2.39. The summed E-state index contributed by atoms with van der Waals surface area (Å²) in [6.07, 6.45) is 2.59. The molecule has 19 heavy (non-hydrogen) atoms. The topological polar surface area (TPSA) is 6.48 Å². The van der Waals surface area contributed by atoms with Gasteiger partial charge in [0, 0.05) is 29.4 Å². The third kappa shape index (κ3) is 4.20. The Hall–Kier alpha value is -0.0600. The highest BCUT2D eigenvalue weighted by atomic mass is 79.9. The van der Waals surface area contributed by atoms with Crippen LogP contribution in [0.15, 0.2) is 22.7 Å². The van der Waals surface area contributed by atoms with Crippen LogP contribution in [-0.2, 0) is 5.33 Å². The molecule has 1 aromatic rings. The highest BCUT2D eigenvalue weighted by Crippen LogP contribution is 2.31. The van der Waals surface area contributed by atoms with Gasteiger partial charge in [0.25, 0.3) is 0 Å². The third-order valence-corrected chi connectivity index (χ3v) is 5.03. The molecule has 4 heteroatoms. The Bertz CT molecular complexity index is 413. The van der Waals surface area contributed by atoms with Crippen molar-refractivity contribution < 1.29 is 0 Å². The maximum atomic E-state index is 3.71. The quantitative estimate of drug-likeness (QED) is 0.714. The van der Waals surface area contributed by atoms with Gasteiger partial charge < -0.3 is 9.80 Å². The standard InChI is InChI=1S/C15H22Br2N2/c1-18(2)11-12-5-7-19(8-6-12)15-4-3-13(10-16)9-14(15)17/h3-4,9,12H,5-8,10-11H2,1-2H3. The second-order valence-electron chi connectivity index (χ2n) is 5.61. The minimum absolute atomic E-state index is 0.854. The summed E-state index contributed by atoms with van der Waals surface area (Å²) in [7, 11) is 4.34. The van der Waals surface area contributed by atoms with Crippen molar-refractivity contribution in [2.75, 3.05) is 38.6 Å². The summed E-state index contributed by atoms with van der Waals surface area (Å²) >= 11 is 7.21. The zero-order chi connectivity index (χ0) is 13.8. The SMILES string of the molecule is CN(C)CC1CCN(c2ccc(CBr)cc2Br)CC1. The molecule has 0 aliphatic carbocycles. The van der Waals surface area contributed by atoms with Crippen molar-refractivity contribution in [1.29, 1.82) is 0 Å². The first-order valence-corrected chi connectivity index (χ1v) is 8.75. The number of hydrogen-bond acceptors (Lipinski definition) is 2. The van der Waals surface area contributed by atoms with Crippen molar-refractivity contribution in [2.24, 2.45) is 5.92 Å². The van der Waals surface area contributed by atoms with Gasteiger partial charge in [0.2, 0.25) is 0 Å². The number of nitrogens with zero attached hydrogens (tertiary/aromatic N) is 2. The van der Waals surface area contributed by atoms with E-state index in [-0.39, 0.29) is 0 Å². The van der Waals surface area contributed by atoms with Crippen LogP contribution in [0.25, 0.3) is 0 Å². The van der Waals surface area contributed by atoms with Gasteiger partial charge in [-0.05, 0) is 66.5 Å². The lowest BCUT2D eigenvalue weighted by molar-refractivity contribution is 0.285. The fourth-order valence-corrected chi connectivity index (χ4v) is 3.79. The Balaban J connectivity index is 1.97. The molecule has 1 heterocycles. The lowest BCUT2D eigenvalue weighted by Gasteiger charge is -2.35. The highest BCUT2D eigenvalue weighted by molar-refractivity contribution is 9.10. The van der Waals surface area contributed by atoms with E-state index >= 15 is 0 Å². The first-order chi connectivity index (χ1) is 9.10. The second kappa shape index (κ2) is 7.09. The van der Waals surface area contributed by atoms with E-state index in [4.69, 9.17) is 0 Å². The first kappa shape index (κ1) is 15.3. The van der Waals surface area contributed by atoms with Gasteiger partial charge in [-0.25, -0.2) is 0 Å². The van der Waals surface area contributed by atoms with Gasteiger partial charge in [-0.2, -0.15) is 0 Å². The summed E-state index contributed by atoms with van der Waals surface area (Å²) in [6.45, 7) is 3.56. The van der Waals surface area contributed by atoms with Gasteiger partial charge in [0.15, 0.2) is 0 Å². The summed E-state index contributed by atoms with van der Waals surface area (Å²) < 4.78 is 1.22. The van der Waals surface area contributed by atoms with Gasteiger partial charge in [0.1, 0.15) is 0 Å². The summed E-state index contributed by atoms with van der Waals surface area (Å²) in [4.78, 5) is 4.81. The van der Waals surface area contributed by atoms with E-state index in [0.29, 0.717) is 0 Å². The monoisotopic (exact) mass is 388 g/mol. The first-order valence-electron chi connectivity index (χ1n) is 6.84. The molecule has 1 saturated heterocycles. The van der Waals surface area contributed by atoms with Crippen LogP contribution in [0.1, 0.15) is 18.4 Å². The molecule has 0 saturated carbocycles. The number of anilines is 1. The number of hydrogen-bond donors (Lipinski definition) is 0. The zero-order valence-electron chi connectivity index (χ0n) is 11.7. The Morgan fingerprint density at radius 1 is 1.26 bits per heavy atom. The Morgan fingerprint density at radius 2 is 1.95 bits per heavy atom.